The van der Waals surface area contributed by atoms with Crippen LogP contribution in [0.2, 0.25) is 0 Å². The van der Waals surface area contributed by atoms with Crippen molar-refractivity contribution < 1.29 is 38.0 Å². The Kier molecular flexibility index (Phi) is 14.8. The summed E-state index contributed by atoms with van der Waals surface area (Å²) in [5.41, 5.74) is 9.06. The van der Waals surface area contributed by atoms with E-state index in [1.807, 2.05) is 18.2 Å². The van der Waals surface area contributed by atoms with Gasteiger partial charge in [-0.2, -0.15) is 0 Å². The smallest absolute Gasteiger partial charge is 0.356 e. The van der Waals surface area contributed by atoms with Crippen molar-refractivity contribution in [3.05, 3.63) is 89.0 Å². The molecule has 252 valence electrons. The minimum atomic E-state index is -0.516. The Morgan fingerprint density at radius 1 is 0.745 bits per heavy atom. The third kappa shape index (κ3) is 11.5. The molecule has 1 aliphatic rings. The highest BCUT2D eigenvalue weighted by Gasteiger charge is 2.25. The van der Waals surface area contributed by atoms with E-state index in [1.54, 1.807) is 30.3 Å². The standard InChI is InChI=1S/C34H43N5O8/c1-42-33(40)30-7-3-5-28(36-30)25-38-13-17-44-21-23-46-19-15-39(16-20-47-24-22-45-18-14-38)32(26-9-11-27(35)12-10-26)29-6-4-8-31(37-29)34(41)43-2/h3-9,11,32H,13-25,35H2,1-2H3. The van der Waals surface area contributed by atoms with E-state index >= 15 is 0 Å². The minimum absolute atomic E-state index is 0.210. The van der Waals surface area contributed by atoms with Crippen molar-refractivity contribution in [1.82, 2.24) is 19.8 Å². The van der Waals surface area contributed by atoms with Crippen molar-refractivity contribution in [2.75, 3.05) is 99.0 Å². The fraction of sp³-hybridized carbons (Fsp3) is 0.471. The first kappa shape index (κ1) is 35.7. The van der Waals surface area contributed by atoms with Gasteiger partial charge >= 0.3 is 11.9 Å². The molecular formula is C34H43N5O8. The van der Waals surface area contributed by atoms with Crippen LogP contribution < -0.4 is 5.73 Å². The predicted octanol–water partition coefficient (Wildman–Crippen LogP) is 2.21. The van der Waals surface area contributed by atoms with Crippen LogP contribution in [0.25, 0.3) is 0 Å². The average molecular weight is 650 g/mol. The van der Waals surface area contributed by atoms with E-state index in [9.17, 15) is 9.59 Å². The van der Waals surface area contributed by atoms with Gasteiger partial charge in [-0.3, -0.25) is 9.80 Å². The molecule has 3 aromatic rings. The van der Waals surface area contributed by atoms with Crippen LogP contribution in [0.3, 0.4) is 0 Å². The van der Waals surface area contributed by atoms with Gasteiger partial charge in [0.25, 0.3) is 0 Å². The third-order valence-electron chi connectivity index (χ3n) is 7.38. The number of anilines is 1. The predicted molar refractivity (Wildman–Crippen MR) is 172 cm³/mol. The van der Waals surface area contributed by atoms with Crippen LogP contribution in [-0.2, 0) is 35.0 Å². The van der Waals surface area contributed by atoms with E-state index in [0.717, 1.165) is 11.3 Å². The molecule has 1 aromatic carbocycles. The first-order chi connectivity index (χ1) is 23.0. The van der Waals surface area contributed by atoms with Gasteiger partial charge in [0.15, 0.2) is 0 Å². The zero-order chi connectivity index (χ0) is 33.3. The van der Waals surface area contributed by atoms with Crippen molar-refractivity contribution in [3.8, 4) is 0 Å². The second kappa shape index (κ2) is 19.5. The number of esters is 2. The molecule has 0 bridgehead atoms. The maximum Gasteiger partial charge on any atom is 0.356 e. The van der Waals surface area contributed by atoms with Crippen LogP contribution >= 0.6 is 0 Å². The van der Waals surface area contributed by atoms with Crippen LogP contribution in [-0.4, -0.2) is 125 Å². The molecule has 0 saturated carbocycles. The highest BCUT2D eigenvalue weighted by Crippen LogP contribution is 2.27. The highest BCUT2D eigenvalue weighted by atomic mass is 16.5. The Bertz CT molecular complexity index is 1370. The number of nitrogens with two attached hydrogens (primary N) is 1. The molecule has 47 heavy (non-hydrogen) atoms. The summed E-state index contributed by atoms with van der Waals surface area (Å²) in [4.78, 5) is 37.6. The van der Waals surface area contributed by atoms with Crippen molar-refractivity contribution in [2.45, 2.75) is 12.6 Å². The maximum atomic E-state index is 12.3. The summed E-state index contributed by atoms with van der Waals surface area (Å²) in [7, 11) is 2.67. The summed E-state index contributed by atoms with van der Waals surface area (Å²) >= 11 is 0. The monoisotopic (exact) mass is 649 g/mol. The highest BCUT2D eigenvalue weighted by molar-refractivity contribution is 5.87. The van der Waals surface area contributed by atoms with Gasteiger partial charge in [0, 0.05) is 38.3 Å². The number of carbonyl (C=O) groups is 2. The molecule has 13 heteroatoms. The second-order valence-electron chi connectivity index (χ2n) is 10.6. The van der Waals surface area contributed by atoms with Gasteiger partial charge in [0.1, 0.15) is 11.4 Å². The molecule has 2 N–H and O–H groups in total. The maximum absolute atomic E-state index is 12.3. The van der Waals surface area contributed by atoms with Gasteiger partial charge in [-0.05, 0) is 42.5 Å². The van der Waals surface area contributed by atoms with Gasteiger partial charge in [-0.15, -0.1) is 0 Å². The van der Waals surface area contributed by atoms with E-state index in [2.05, 4.69) is 31.9 Å². The van der Waals surface area contributed by atoms with E-state index in [4.69, 9.17) is 34.2 Å². The summed E-state index contributed by atoms with van der Waals surface area (Å²) in [6.45, 7) is 6.41. The lowest BCUT2D eigenvalue weighted by molar-refractivity contribution is 0.00330. The molecule has 13 nitrogen and oxygen atoms in total. The van der Waals surface area contributed by atoms with Crippen LogP contribution in [0, 0.1) is 12.1 Å². The van der Waals surface area contributed by atoms with Gasteiger partial charge in [-0.25, -0.2) is 19.6 Å². The first-order valence-corrected chi connectivity index (χ1v) is 15.5. The fourth-order valence-corrected chi connectivity index (χ4v) is 4.98. The summed E-state index contributed by atoms with van der Waals surface area (Å²) in [6.07, 6.45) is 0. The zero-order valence-electron chi connectivity index (χ0n) is 27.0. The molecule has 1 atom stereocenters. The first-order valence-electron chi connectivity index (χ1n) is 15.5. The molecule has 1 unspecified atom stereocenters. The number of carbonyl (C=O) groups excluding carboxylic acids is 2. The summed E-state index contributed by atoms with van der Waals surface area (Å²) in [5.74, 6) is -0.985. The lowest BCUT2D eigenvalue weighted by Gasteiger charge is -2.31. The van der Waals surface area contributed by atoms with Gasteiger partial charge in [-0.1, -0.05) is 18.2 Å². The average Bonchev–Trinajstić information content (AvgIpc) is 3.10. The topological polar surface area (TPSA) is 148 Å². The van der Waals surface area contributed by atoms with E-state index < -0.39 is 11.9 Å². The van der Waals surface area contributed by atoms with Crippen molar-refractivity contribution in [1.29, 1.82) is 0 Å². The number of nitrogens with zero attached hydrogens (tertiary/aromatic N) is 4. The van der Waals surface area contributed by atoms with Crippen LogP contribution in [0.5, 0.6) is 0 Å². The summed E-state index contributed by atoms with van der Waals surface area (Å²) in [6, 6.07) is 20.0. The lowest BCUT2D eigenvalue weighted by atomic mass is 10.0. The molecule has 1 fully saturated rings. The fourth-order valence-electron chi connectivity index (χ4n) is 4.98. The van der Waals surface area contributed by atoms with Crippen molar-refractivity contribution in [3.63, 3.8) is 0 Å². The molecular weight excluding hydrogens is 606 g/mol. The Morgan fingerprint density at radius 2 is 1.30 bits per heavy atom. The zero-order valence-corrected chi connectivity index (χ0v) is 27.0. The quantitative estimate of drug-likeness (QED) is 0.374. The second-order valence-corrected chi connectivity index (χ2v) is 10.6. The molecule has 0 aliphatic carbocycles. The molecule has 3 heterocycles. The number of methoxy groups -OCH3 is 2. The number of hydrogen-bond donors (Lipinski definition) is 1. The minimum Gasteiger partial charge on any atom is -0.464 e. The van der Waals surface area contributed by atoms with Crippen LogP contribution in [0.15, 0.2) is 48.5 Å². The largest absolute Gasteiger partial charge is 0.464 e. The third-order valence-corrected chi connectivity index (χ3v) is 7.38. The number of pyridine rings is 2. The number of ether oxygens (including phenoxy) is 6. The number of rotatable bonds is 7. The SMILES string of the molecule is COC(=O)c1cccc(CN2CCOCCOCCN(C(c3c#cc(N)cc3)c3cccc(C(=O)OC)n3)CCOCCOCC2)n1. The lowest BCUT2D eigenvalue weighted by Crippen LogP contribution is -2.36. The molecule has 2 aromatic heterocycles. The summed E-state index contributed by atoms with van der Waals surface area (Å²) < 4.78 is 33.4. The van der Waals surface area contributed by atoms with E-state index in [-0.39, 0.29) is 17.4 Å². The van der Waals surface area contributed by atoms with Gasteiger partial charge < -0.3 is 34.2 Å². The Balaban J connectivity index is 1.40. The Labute approximate surface area is 275 Å². The number of nitrogen functional groups attached to an aromatic ring is 1. The molecule has 4 rings (SSSR count). The molecule has 0 spiro atoms. The van der Waals surface area contributed by atoms with Crippen molar-refractivity contribution >= 4 is 17.6 Å². The molecule has 1 aliphatic heterocycles. The number of aromatic nitrogens is 2. The normalized spacial score (nSPS) is 17.4. The van der Waals surface area contributed by atoms with E-state index in [0.29, 0.717) is 97.0 Å². The number of hydrogen-bond acceptors (Lipinski definition) is 13. The van der Waals surface area contributed by atoms with E-state index in [1.165, 1.54) is 14.2 Å². The molecule has 0 radical (unpaired) electrons. The van der Waals surface area contributed by atoms with Gasteiger partial charge in [0.2, 0.25) is 0 Å². The Hall–Kier alpha value is -4.16. The van der Waals surface area contributed by atoms with Gasteiger partial charge in [0.05, 0.1) is 90.2 Å². The van der Waals surface area contributed by atoms with Crippen LogP contribution in [0.4, 0.5) is 5.69 Å². The van der Waals surface area contributed by atoms with Crippen molar-refractivity contribution in [2.24, 2.45) is 0 Å². The molecule has 1 saturated heterocycles. The Morgan fingerprint density at radius 3 is 1.85 bits per heavy atom. The summed E-state index contributed by atoms with van der Waals surface area (Å²) in [5, 5.41) is 0. The molecule has 0 amide bonds. The van der Waals surface area contributed by atoms with Crippen LogP contribution in [0.1, 0.15) is 44.0 Å².